The zero-order valence-corrected chi connectivity index (χ0v) is 5.95. The molecule has 0 aromatic carbocycles. The Morgan fingerprint density at radius 1 is 1.56 bits per heavy atom. The van der Waals surface area contributed by atoms with Crippen LogP contribution in [0, 0.1) is 0 Å². The summed E-state index contributed by atoms with van der Waals surface area (Å²) in [5.74, 6) is -4.99. The van der Waals surface area contributed by atoms with E-state index in [1.54, 1.807) is 0 Å². The molecule has 0 spiro atoms. The lowest BCUT2D eigenvalue weighted by atomic mass is 10.8. The molecule has 6 heteroatoms. The highest BCUT2D eigenvalue weighted by Gasteiger charge is 2.27. The minimum Gasteiger partial charge on any atom is -0.370 e. The van der Waals surface area contributed by atoms with Gasteiger partial charge in [-0.1, -0.05) is 0 Å². The molecule has 2 nitrogen and oxygen atoms in total. The first-order valence-corrected chi connectivity index (χ1v) is 3.97. The highest BCUT2D eigenvalue weighted by molar-refractivity contribution is 6.43. The Morgan fingerprint density at radius 3 is 2.11 bits per heavy atom. The predicted molar refractivity (Wildman–Crippen MR) is 28.6 cm³/mol. The van der Waals surface area contributed by atoms with Crippen LogP contribution >= 0.6 is 0 Å². The van der Waals surface area contributed by atoms with Gasteiger partial charge in [0.05, 0.1) is 0 Å². The number of rotatable bonds is 2. The molecule has 0 fully saturated rings. The first-order chi connectivity index (χ1) is 3.92. The molecule has 0 heterocycles. The minimum atomic E-state index is -4.13. The molecule has 0 rings (SSSR count). The third kappa shape index (κ3) is 7.48. The van der Waals surface area contributed by atoms with Crippen molar-refractivity contribution in [1.82, 2.24) is 0 Å². The van der Waals surface area contributed by atoms with Gasteiger partial charge in [-0.05, 0) is 0 Å². The van der Waals surface area contributed by atoms with Crippen molar-refractivity contribution in [2.24, 2.45) is 5.73 Å². The molecule has 2 N–H and O–H groups in total. The van der Waals surface area contributed by atoms with Crippen LogP contribution < -0.4 is 5.73 Å². The van der Waals surface area contributed by atoms with Crippen LogP contribution in [0.4, 0.5) is 13.2 Å². The number of amides is 1. The molecule has 9 heavy (non-hydrogen) atoms. The van der Waals surface area contributed by atoms with Crippen molar-refractivity contribution in [1.29, 1.82) is 0 Å². The number of primary amides is 1. The summed E-state index contributed by atoms with van der Waals surface area (Å²) in [5.41, 5.74) is 4.50. The van der Waals surface area contributed by atoms with Gasteiger partial charge in [0.1, 0.15) is 0 Å². The third-order valence-corrected chi connectivity index (χ3v) is 1.96. The number of nitrogens with two attached hydrogens (primary N) is 1. The molecule has 0 aliphatic heterocycles. The second-order valence-electron chi connectivity index (χ2n) is 1.58. The summed E-state index contributed by atoms with van der Waals surface area (Å²) in [4.78, 5) is 9.80. The lowest BCUT2D eigenvalue weighted by Crippen LogP contribution is -2.24. The van der Waals surface area contributed by atoms with Crippen molar-refractivity contribution in [3.05, 3.63) is 0 Å². The van der Waals surface area contributed by atoms with Crippen molar-refractivity contribution < 1.29 is 18.0 Å². The predicted octanol–water partition coefficient (Wildman–Crippen LogP) is -0.421. The van der Waals surface area contributed by atoms with Crippen LogP contribution in [-0.4, -0.2) is 21.2 Å². The summed E-state index contributed by atoms with van der Waals surface area (Å²) in [6.07, 6.45) is 0. The highest BCUT2D eigenvalue weighted by Crippen LogP contribution is 2.13. The summed E-state index contributed by atoms with van der Waals surface area (Å²) in [7, 11) is -2.27. The largest absolute Gasteiger partial charge is 0.370 e. The quantitative estimate of drug-likeness (QED) is 0.543. The molecule has 1 amide bonds. The Morgan fingerprint density at radius 2 is 2.00 bits per heavy atom. The summed E-state index contributed by atoms with van der Waals surface area (Å²) in [6.45, 7) is 0. The average molecular weight is 157 g/mol. The number of hydrogen-bond acceptors (Lipinski definition) is 1. The average Bonchev–Trinajstić information content (AvgIpc) is 1.59. The second kappa shape index (κ2) is 2.86. The number of hydrogen-bond donors (Lipinski definition) is 1. The first kappa shape index (κ1) is 8.48. The molecule has 0 aliphatic rings. The van der Waals surface area contributed by atoms with Crippen molar-refractivity contribution in [2.45, 2.75) is 11.8 Å². The Balaban J connectivity index is 3.39. The van der Waals surface area contributed by atoms with E-state index in [4.69, 9.17) is 0 Å². The van der Waals surface area contributed by atoms with Gasteiger partial charge < -0.3 is 5.73 Å². The fourth-order valence-electron chi connectivity index (χ4n) is 0.265. The molecule has 0 radical (unpaired) electrons. The Hall–Kier alpha value is -0.523. The molecule has 54 valence electrons. The maximum Gasteiger partial charge on any atom is 0.355 e. The zero-order chi connectivity index (χ0) is 7.49. The molecule has 0 bridgehead atoms. The summed E-state index contributed by atoms with van der Waals surface area (Å²) < 4.78 is 33.8. The SMILES string of the molecule is NC(=O)C[SiH2]C(F)(F)F. The summed E-state index contributed by atoms with van der Waals surface area (Å²) in [5, 5.41) is 0. The van der Waals surface area contributed by atoms with Gasteiger partial charge in [0.15, 0.2) is 9.52 Å². The topological polar surface area (TPSA) is 43.1 Å². The maximum atomic E-state index is 11.3. The van der Waals surface area contributed by atoms with E-state index < -0.39 is 27.3 Å². The van der Waals surface area contributed by atoms with Gasteiger partial charge in [0.2, 0.25) is 5.91 Å². The molecule has 0 aromatic heterocycles. The Bertz CT molecular complexity index is 112. The maximum absolute atomic E-state index is 11.3. The second-order valence-corrected chi connectivity index (χ2v) is 3.38. The van der Waals surface area contributed by atoms with Gasteiger partial charge in [0.25, 0.3) is 0 Å². The normalized spacial score (nSPS) is 12.8. The molecule has 0 saturated heterocycles. The van der Waals surface area contributed by atoms with Gasteiger partial charge in [0, 0.05) is 6.04 Å². The van der Waals surface area contributed by atoms with E-state index in [1.807, 2.05) is 0 Å². The number of alkyl halides is 3. The molecular weight excluding hydrogens is 151 g/mol. The van der Waals surface area contributed by atoms with E-state index in [0.29, 0.717) is 0 Å². The van der Waals surface area contributed by atoms with Crippen molar-refractivity contribution in [2.75, 3.05) is 0 Å². The fraction of sp³-hybridized carbons (Fsp3) is 0.667. The molecule has 0 saturated carbocycles. The van der Waals surface area contributed by atoms with Crippen molar-refractivity contribution in [3.63, 3.8) is 0 Å². The lowest BCUT2D eigenvalue weighted by Gasteiger charge is -2.01. The van der Waals surface area contributed by atoms with Gasteiger partial charge >= 0.3 is 5.80 Å². The van der Waals surface area contributed by atoms with Gasteiger partial charge in [-0.3, -0.25) is 4.79 Å². The lowest BCUT2D eigenvalue weighted by molar-refractivity contribution is -0.116. The molecular formula is C3H6F3NOSi. The van der Waals surface area contributed by atoms with Crippen LogP contribution in [-0.2, 0) is 4.79 Å². The van der Waals surface area contributed by atoms with Crippen LogP contribution in [0.5, 0.6) is 0 Å². The van der Waals surface area contributed by atoms with Crippen LogP contribution in [0.15, 0.2) is 0 Å². The van der Waals surface area contributed by atoms with Gasteiger partial charge in [-0.15, -0.1) is 0 Å². The number of halogens is 3. The van der Waals surface area contributed by atoms with E-state index in [1.165, 1.54) is 0 Å². The van der Waals surface area contributed by atoms with E-state index in [2.05, 4.69) is 5.73 Å². The number of carbonyl (C=O) groups is 1. The van der Waals surface area contributed by atoms with Crippen LogP contribution in [0.25, 0.3) is 0 Å². The van der Waals surface area contributed by atoms with E-state index in [9.17, 15) is 18.0 Å². The molecule has 0 aromatic rings. The Kier molecular flexibility index (Phi) is 2.69. The van der Waals surface area contributed by atoms with Crippen LogP contribution in [0.2, 0.25) is 6.04 Å². The summed E-state index contributed by atoms with van der Waals surface area (Å²) >= 11 is 0. The van der Waals surface area contributed by atoms with Gasteiger partial charge in [-0.25, -0.2) is 0 Å². The number of carbonyl (C=O) groups excluding carboxylic acids is 1. The fourth-order valence-corrected chi connectivity index (χ4v) is 0.795. The Labute approximate surface area is 52.0 Å². The molecule has 0 aliphatic carbocycles. The first-order valence-electron chi connectivity index (χ1n) is 2.27. The molecule has 0 unspecified atom stereocenters. The molecule has 0 atom stereocenters. The van der Waals surface area contributed by atoms with E-state index >= 15 is 0 Å². The van der Waals surface area contributed by atoms with Crippen molar-refractivity contribution >= 4 is 15.4 Å². The zero-order valence-electron chi connectivity index (χ0n) is 4.53. The van der Waals surface area contributed by atoms with E-state index in [-0.39, 0.29) is 0 Å². The van der Waals surface area contributed by atoms with Gasteiger partial charge in [-0.2, -0.15) is 13.2 Å². The summed E-state index contributed by atoms with van der Waals surface area (Å²) in [6, 6.07) is -0.483. The van der Waals surface area contributed by atoms with E-state index in [0.717, 1.165) is 0 Å². The van der Waals surface area contributed by atoms with Crippen LogP contribution in [0.1, 0.15) is 0 Å². The van der Waals surface area contributed by atoms with Crippen LogP contribution in [0.3, 0.4) is 0 Å². The standard InChI is InChI=1S/C3H6F3NOSi/c4-3(5,6)9-1-2(7)8/h1,9H2,(H2,7,8). The minimum absolute atomic E-state index is 0.483. The highest BCUT2D eigenvalue weighted by atomic mass is 28.2. The smallest absolute Gasteiger partial charge is 0.355 e. The van der Waals surface area contributed by atoms with Crippen molar-refractivity contribution in [3.8, 4) is 0 Å². The monoisotopic (exact) mass is 157 g/mol. The third-order valence-electron chi connectivity index (χ3n) is 0.655.